The van der Waals surface area contributed by atoms with Crippen LogP contribution in [0.25, 0.3) is 144 Å². The SMILES string of the molecule is c1cc(-c2cccc(-c3cccc(-n4c5ccccc5c5c(-c6cccc7oc8ccccc8c67)cccc54)c3)n2)cc(-n2c3ccccc3c3c(-c4cccc5oc6ccccc6c45)cccc32)c1. The normalized spacial score (nSPS) is 12.0. The Hall–Kier alpha value is -9.45. The lowest BCUT2D eigenvalue weighted by Gasteiger charge is -2.12. The molecule has 0 aliphatic rings. The van der Waals surface area contributed by atoms with E-state index in [0.29, 0.717) is 0 Å². The molecule has 15 aromatic rings. The Balaban J connectivity index is 0.839. The van der Waals surface area contributed by atoms with Crippen molar-refractivity contribution in [3.8, 4) is 56.1 Å². The van der Waals surface area contributed by atoms with Gasteiger partial charge in [-0.25, -0.2) is 4.98 Å². The molecule has 0 aliphatic heterocycles. The van der Waals surface area contributed by atoms with Crippen LogP contribution in [-0.2, 0) is 0 Å². The molecular weight excluding hydrogens is 855 g/mol. The van der Waals surface area contributed by atoms with Gasteiger partial charge in [0.2, 0.25) is 0 Å². The summed E-state index contributed by atoms with van der Waals surface area (Å²) in [5.41, 5.74) is 18.9. The first kappa shape index (κ1) is 38.6. The van der Waals surface area contributed by atoms with Crippen molar-refractivity contribution in [2.75, 3.05) is 0 Å². The van der Waals surface area contributed by atoms with E-state index in [4.69, 9.17) is 13.8 Å². The van der Waals surface area contributed by atoms with Crippen LogP contribution in [0.1, 0.15) is 0 Å². The van der Waals surface area contributed by atoms with Crippen LogP contribution >= 0.6 is 0 Å². The number of rotatable bonds is 6. The molecule has 70 heavy (non-hydrogen) atoms. The van der Waals surface area contributed by atoms with E-state index in [0.717, 1.165) is 111 Å². The quantitative estimate of drug-likeness (QED) is 0.167. The highest BCUT2D eigenvalue weighted by Gasteiger charge is 2.22. The third kappa shape index (κ3) is 5.69. The number of fused-ring (bicyclic) bond motifs is 12. The summed E-state index contributed by atoms with van der Waals surface area (Å²) in [5, 5.41) is 9.35. The highest BCUT2D eigenvalue weighted by molar-refractivity contribution is 6.22. The second kappa shape index (κ2) is 15.0. The van der Waals surface area contributed by atoms with Crippen LogP contribution < -0.4 is 0 Å². The molecule has 0 saturated carbocycles. The number of para-hydroxylation sites is 4. The Bertz CT molecular complexity index is 4330. The minimum atomic E-state index is 0.892. The van der Waals surface area contributed by atoms with Crippen molar-refractivity contribution in [3.63, 3.8) is 0 Å². The zero-order valence-corrected chi connectivity index (χ0v) is 37.7. The second-order valence-electron chi connectivity index (χ2n) is 18.2. The molecule has 0 bridgehead atoms. The lowest BCUT2D eigenvalue weighted by Crippen LogP contribution is -1.96. The highest BCUT2D eigenvalue weighted by Crippen LogP contribution is 2.45. The number of aromatic nitrogens is 3. The molecule has 326 valence electrons. The first-order chi connectivity index (χ1) is 34.7. The van der Waals surface area contributed by atoms with Crippen LogP contribution in [0.2, 0.25) is 0 Å². The number of furan rings is 2. The van der Waals surface area contributed by atoms with Crippen molar-refractivity contribution in [1.82, 2.24) is 14.1 Å². The summed E-state index contributed by atoms with van der Waals surface area (Å²) in [6.07, 6.45) is 0. The topological polar surface area (TPSA) is 49.0 Å². The number of nitrogens with zero attached hydrogens (tertiary/aromatic N) is 3. The van der Waals surface area contributed by atoms with Gasteiger partial charge in [0.05, 0.1) is 33.5 Å². The maximum absolute atomic E-state index is 6.36. The fraction of sp³-hybridized carbons (Fsp3) is 0. The van der Waals surface area contributed by atoms with E-state index in [1.54, 1.807) is 0 Å². The summed E-state index contributed by atoms with van der Waals surface area (Å²) in [5.74, 6) is 0. The summed E-state index contributed by atoms with van der Waals surface area (Å²) >= 11 is 0. The fourth-order valence-corrected chi connectivity index (χ4v) is 11.4. The predicted molar refractivity (Wildman–Crippen MR) is 289 cm³/mol. The van der Waals surface area contributed by atoms with Gasteiger partial charge in [0.15, 0.2) is 0 Å². The van der Waals surface area contributed by atoms with Gasteiger partial charge in [0.25, 0.3) is 0 Å². The summed E-state index contributed by atoms with van der Waals surface area (Å²) in [7, 11) is 0. The maximum atomic E-state index is 6.36. The smallest absolute Gasteiger partial charge is 0.136 e. The third-order valence-corrected chi connectivity index (χ3v) is 14.3. The van der Waals surface area contributed by atoms with Crippen LogP contribution in [-0.4, -0.2) is 14.1 Å². The maximum Gasteiger partial charge on any atom is 0.136 e. The Labute approximate surface area is 401 Å². The van der Waals surface area contributed by atoms with Crippen LogP contribution in [0.3, 0.4) is 0 Å². The first-order valence-electron chi connectivity index (χ1n) is 23.8. The van der Waals surface area contributed by atoms with Crippen molar-refractivity contribution in [2.24, 2.45) is 0 Å². The third-order valence-electron chi connectivity index (χ3n) is 14.3. The van der Waals surface area contributed by atoms with E-state index in [2.05, 4.69) is 234 Å². The standard InChI is InChI=1S/C65H39N3O2/c1-5-30-54-48(20-1)62-44(46-26-13-36-60-64(46)50-22-3-7-34-58(50)69-60)24-11-32-56(62)67(54)42-18-9-16-40(38-42)52-28-15-29-53(66-52)41-17-10-19-43(39-41)68-55-31-6-2-21-49(55)63-45(25-12-33-57(63)68)47-27-14-37-61-65(47)51-23-4-8-35-59(51)70-61/h1-39H. The van der Waals surface area contributed by atoms with Crippen LogP contribution in [0.4, 0.5) is 0 Å². The Kier molecular flexibility index (Phi) is 8.29. The number of benzene rings is 10. The van der Waals surface area contributed by atoms with Crippen molar-refractivity contribution in [2.45, 2.75) is 0 Å². The molecule has 10 aromatic carbocycles. The average Bonchev–Trinajstić information content (AvgIpc) is 4.19. The van der Waals surface area contributed by atoms with Gasteiger partial charge in [-0.1, -0.05) is 152 Å². The van der Waals surface area contributed by atoms with Gasteiger partial charge in [-0.3, -0.25) is 0 Å². The molecule has 0 N–H and O–H groups in total. The molecule has 0 radical (unpaired) electrons. The minimum absolute atomic E-state index is 0.892. The molecule has 0 amide bonds. The lowest BCUT2D eigenvalue weighted by atomic mass is 9.95. The van der Waals surface area contributed by atoms with E-state index in [9.17, 15) is 0 Å². The van der Waals surface area contributed by atoms with Gasteiger partial charge < -0.3 is 18.0 Å². The molecule has 0 fully saturated rings. The molecule has 0 unspecified atom stereocenters. The van der Waals surface area contributed by atoms with E-state index < -0.39 is 0 Å². The highest BCUT2D eigenvalue weighted by atomic mass is 16.3. The summed E-state index contributed by atoms with van der Waals surface area (Å²) in [6, 6.07) is 84.2. The van der Waals surface area contributed by atoms with Crippen molar-refractivity contribution in [3.05, 3.63) is 237 Å². The van der Waals surface area contributed by atoms with Gasteiger partial charge >= 0.3 is 0 Å². The van der Waals surface area contributed by atoms with Gasteiger partial charge in [0.1, 0.15) is 22.3 Å². The van der Waals surface area contributed by atoms with Crippen molar-refractivity contribution >= 4 is 87.5 Å². The Morgan fingerprint density at radius 3 is 1.11 bits per heavy atom. The lowest BCUT2D eigenvalue weighted by molar-refractivity contribution is 0.668. The molecule has 15 rings (SSSR count). The molecule has 0 spiro atoms. The molecule has 0 atom stereocenters. The fourth-order valence-electron chi connectivity index (χ4n) is 11.4. The largest absolute Gasteiger partial charge is 0.456 e. The predicted octanol–water partition coefficient (Wildman–Crippen LogP) is 17.7. The molecule has 5 heterocycles. The van der Waals surface area contributed by atoms with Gasteiger partial charge in [0, 0.05) is 65.6 Å². The zero-order valence-electron chi connectivity index (χ0n) is 37.7. The second-order valence-corrected chi connectivity index (χ2v) is 18.2. The van der Waals surface area contributed by atoms with Crippen LogP contribution in [0, 0.1) is 0 Å². The Morgan fingerprint density at radius 1 is 0.271 bits per heavy atom. The molecule has 5 heteroatoms. The Morgan fingerprint density at radius 2 is 0.629 bits per heavy atom. The van der Waals surface area contributed by atoms with E-state index in [1.807, 2.05) is 12.1 Å². The first-order valence-corrected chi connectivity index (χ1v) is 23.8. The van der Waals surface area contributed by atoms with Crippen molar-refractivity contribution in [1.29, 1.82) is 0 Å². The summed E-state index contributed by atoms with van der Waals surface area (Å²) in [6.45, 7) is 0. The number of hydrogen-bond acceptors (Lipinski definition) is 3. The van der Waals surface area contributed by atoms with Gasteiger partial charge in [-0.05, 0) is 107 Å². The zero-order chi connectivity index (χ0) is 45.9. The van der Waals surface area contributed by atoms with Gasteiger partial charge in [-0.2, -0.15) is 0 Å². The minimum Gasteiger partial charge on any atom is -0.456 e. The van der Waals surface area contributed by atoms with E-state index in [1.165, 1.54) is 32.7 Å². The molecule has 0 aliphatic carbocycles. The average molecular weight is 894 g/mol. The van der Waals surface area contributed by atoms with E-state index >= 15 is 0 Å². The summed E-state index contributed by atoms with van der Waals surface area (Å²) < 4.78 is 17.5. The van der Waals surface area contributed by atoms with Crippen LogP contribution in [0.15, 0.2) is 245 Å². The summed E-state index contributed by atoms with van der Waals surface area (Å²) in [4.78, 5) is 5.38. The van der Waals surface area contributed by atoms with E-state index in [-0.39, 0.29) is 0 Å². The molecule has 0 saturated heterocycles. The number of hydrogen-bond donors (Lipinski definition) is 0. The number of pyridine rings is 1. The van der Waals surface area contributed by atoms with Crippen LogP contribution in [0.5, 0.6) is 0 Å². The van der Waals surface area contributed by atoms with Crippen molar-refractivity contribution < 1.29 is 8.83 Å². The molecule has 5 aromatic heterocycles. The molecule has 5 nitrogen and oxygen atoms in total. The molecular formula is C65H39N3O2. The monoisotopic (exact) mass is 893 g/mol. The van der Waals surface area contributed by atoms with Gasteiger partial charge in [-0.15, -0.1) is 0 Å².